The molecular formula is C14H17FO3. The van der Waals surface area contributed by atoms with Crippen molar-refractivity contribution in [1.82, 2.24) is 0 Å². The molecule has 1 atom stereocenters. The topological polar surface area (TPSA) is 43.4 Å². The highest BCUT2D eigenvalue weighted by Gasteiger charge is 2.39. The van der Waals surface area contributed by atoms with Gasteiger partial charge in [-0.15, -0.1) is 0 Å². The van der Waals surface area contributed by atoms with E-state index in [1.165, 1.54) is 19.1 Å². The average molecular weight is 252 g/mol. The molecule has 0 aliphatic carbocycles. The monoisotopic (exact) mass is 252 g/mol. The third-order valence-electron chi connectivity index (χ3n) is 2.97. The van der Waals surface area contributed by atoms with Crippen LogP contribution in [0.5, 0.6) is 0 Å². The molecule has 0 heterocycles. The smallest absolute Gasteiger partial charge is 0.319 e. The van der Waals surface area contributed by atoms with Crippen LogP contribution >= 0.6 is 0 Å². The average Bonchev–Trinajstić information content (AvgIpc) is 2.32. The molecule has 1 aromatic rings. The summed E-state index contributed by atoms with van der Waals surface area (Å²) in [4.78, 5) is 23.5. The fourth-order valence-corrected chi connectivity index (χ4v) is 1.64. The zero-order chi connectivity index (χ0) is 13.8. The van der Waals surface area contributed by atoms with E-state index < -0.39 is 11.4 Å². The molecule has 0 spiro atoms. The maximum Gasteiger partial charge on any atom is 0.319 e. The molecule has 0 saturated heterocycles. The number of carbonyl (C=O) groups is 2. The molecule has 0 fully saturated rings. The van der Waals surface area contributed by atoms with E-state index in [0.29, 0.717) is 0 Å². The predicted molar refractivity (Wildman–Crippen MR) is 65.5 cm³/mol. The van der Waals surface area contributed by atoms with Crippen molar-refractivity contribution >= 4 is 11.8 Å². The minimum Gasteiger partial charge on any atom is -0.465 e. The van der Waals surface area contributed by atoms with Crippen molar-refractivity contribution in [1.29, 1.82) is 0 Å². The Hall–Kier alpha value is -1.71. The summed E-state index contributed by atoms with van der Waals surface area (Å²) in [5.74, 6) is -1.15. The van der Waals surface area contributed by atoms with E-state index in [0.717, 1.165) is 5.56 Å². The second kappa shape index (κ2) is 5.76. The summed E-state index contributed by atoms with van der Waals surface area (Å²) in [6, 6.07) is 5.74. The summed E-state index contributed by atoms with van der Waals surface area (Å²) in [6.07, 6.45) is 0.210. The first-order valence-electron chi connectivity index (χ1n) is 5.83. The Bertz CT molecular complexity index is 439. The lowest BCUT2D eigenvalue weighted by Crippen LogP contribution is -2.38. The molecule has 3 nitrogen and oxygen atoms in total. The minimum atomic E-state index is -1.21. The predicted octanol–water partition coefficient (Wildman–Crippen LogP) is 2.53. The van der Waals surface area contributed by atoms with Crippen LogP contribution in [0.4, 0.5) is 4.39 Å². The largest absolute Gasteiger partial charge is 0.465 e. The van der Waals surface area contributed by atoms with Crippen LogP contribution in [0.1, 0.15) is 26.3 Å². The third kappa shape index (κ3) is 3.15. The van der Waals surface area contributed by atoms with Crippen LogP contribution in [-0.2, 0) is 20.7 Å². The number of esters is 1. The molecule has 0 bridgehead atoms. The molecule has 1 aromatic carbocycles. The van der Waals surface area contributed by atoms with E-state index in [1.54, 1.807) is 26.0 Å². The molecule has 0 saturated carbocycles. The fourth-order valence-electron chi connectivity index (χ4n) is 1.64. The molecule has 0 amide bonds. The quantitative estimate of drug-likeness (QED) is 0.597. The van der Waals surface area contributed by atoms with Gasteiger partial charge in [0, 0.05) is 0 Å². The van der Waals surface area contributed by atoms with Crippen molar-refractivity contribution in [3.05, 3.63) is 35.6 Å². The Balaban J connectivity index is 2.96. The van der Waals surface area contributed by atoms with Crippen molar-refractivity contribution < 1.29 is 18.7 Å². The van der Waals surface area contributed by atoms with Crippen LogP contribution in [0.3, 0.4) is 0 Å². The van der Waals surface area contributed by atoms with Gasteiger partial charge < -0.3 is 4.74 Å². The lowest BCUT2D eigenvalue weighted by atomic mass is 9.80. The number of ketones is 1. The van der Waals surface area contributed by atoms with Gasteiger partial charge in [-0.3, -0.25) is 9.59 Å². The second-order valence-electron chi connectivity index (χ2n) is 4.41. The van der Waals surface area contributed by atoms with E-state index in [4.69, 9.17) is 4.74 Å². The molecule has 0 radical (unpaired) electrons. The van der Waals surface area contributed by atoms with E-state index in [1.807, 2.05) is 0 Å². The molecule has 1 rings (SSSR count). The van der Waals surface area contributed by atoms with Gasteiger partial charge in [-0.25, -0.2) is 4.39 Å². The summed E-state index contributed by atoms with van der Waals surface area (Å²) >= 11 is 0. The van der Waals surface area contributed by atoms with Gasteiger partial charge in [0.2, 0.25) is 0 Å². The Morgan fingerprint density at radius 1 is 1.28 bits per heavy atom. The number of Topliss-reactive ketones (excluding diaryl/α,β-unsaturated/α-hetero) is 1. The maximum absolute atomic E-state index is 12.8. The molecule has 18 heavy (non-hydrogen) atoms. The maximum atomic E-state index is 12.8. The Morgan fingerprint density at radius 2 is 1.83 bits per heavy atom. The minimum absolute atomic E-state index is 0.210. The van der Waals surface area contributed by atoms with Gasteiger partial charge in [0.05, 0.1) is 6.61 Å². The third-order valence-corrected chi connectivity index (χ3v) is 2.97. The first-order chi connectivity index (χ1) is 8.40. The van der Waals surface area contributed by atoms with E-state index >= 15 is 0 Å². The Kier molecular flexibility index (Phi) is 4.59. The molecule has 0 N–H and O–H groups in total. The normalized spacial score (nSPS) is 13.8. The molecular weight excluding hydrogens is 235 g/mol. The fraction of sp³-hybridized carbons (Fsp3) is 0.429. The first-order valence-corrected chi connectivity index (χ1v) is 5.83. The number of rotatable bonds is 5. The summed E-state index contributed by atoms with van der Waals surface area (Å²) in [5.41, 5.74) is -0.490. The van der Waals surface area contributed by atoms with E-state index in [-0.39, 0.29) is 24.6 Å². The molecule has 0 aliphatic rings. The van der Waals surface area contributed by atoms with E-state index in [2.05, 4.69) is 0 Å². The lowest BCUT2D eigenvalue weighted by molar-refractivity contribution is -0.158. The lowest BCUT2D eigenvalue weighted by Gasteiger charge is -2.24. The van der Waals surface area contributed by atoms with Gasteiger partial charge >= 0.3 is 5.97 Å². The molecule has 0 aromatic heterocycles. The van der Waals surface area contributed by atoms with E-state index in [9.17, 15) is 14.0 Å². The summed E-state index contributed by atoms with van der Waals surface area (Å²) in [6.45, 7) is 4.83. The standard InChI is InChI=1S/C14H17FO3/c1-4-18-13(17)14(3,10(2)16)9-11-5-7-12(15)8-6-11/h5-8H,4,9H2,1-3H3. The highest BCUT2D eigenvalue weighted by Crippen LogP contribution is 2.26. The SMILES string of the molecule is CCOC(=O)C(C)(Cc1ccc(F)cc1)C(C)=O. The van der Waals surface area contributed by atoms with Crippen molar-refractivity contribution in [2.24, 2.45) is 5.41 Å². The first kappa shape index (κ1) is 14.4. The van der Waals surface area contributed by atoms with Gasteiger partial charge in [-0.05, 0) is 44.9 Å². The highest BCUT2D eigenvalue weighted by atomic mass is 19.1. The number of hydrogen-bond acceptors (Lipinski definition) is 3. The zero-order valence-electron chi connectivity index (χ0n) is 10.8. The number of carbonyl (C=O) groups excluding carboxylic acids is 2. The Labute approximate surface area is 106 Å². The molecule has 98 valence electrons. The number of halogens is 1. The van der Waals surface area contributed by atoms with Crippen molar-refractivity contribution in [3.63, 3.8) is 0 Å². The summed E-state index contributed by atoms with van der Waals surface area (Å²) in [5, 5.41) is 0. The summed E-state index contributed by atoms with van der Waals surface area (Å²) < 4.78 is 17.7. The van der Waals surface area contributed by atoms with Crippen molar-refractivity contribution in [2.75, 3.05) is 6.61 Å². The Morgan fingerprint density at radius 3 is 2.28 bits per heavy atom. The molecule has 4 heteroatoms. The second-order valence-corrected chi connectivity index (χ2v) is 4.41. The van der Waals surface area contributed by atoms with Gasteiger partial charge in [0.15, 0.2) is 0 Å². The highest BCUT2D eigenvalue weighted by molar-refractivity contribution is 6.02. The molecule has 0 aliphatic heterocycles. The number of benzene rings is 1. The van der Waals surface area contributed by atoms with Crippen LogP contribution in [0.25, 0.3) is 0 Å². The van der Waals surface area contributed by atoms with Crippen LogP contribution in [0.15, 0.2) is 24.3 Å². The summed E-state index contributed by atoms with van der Waals surface area (Å²) in [7, 11) is 0. The van der Waals surface area contributed by atoms with Crippen LogP contribution in [-0.4, -0.2) is 18.4 Å². The van der Waals surface area contributed by atoms with Crippen molar-refractivity contribution in [2.45, 2.75) is 27.2 Å². The molecule has 1 unspecified atom stereocenters. The zero-order valence-corrected chi connectivity index (χ0v) is 10.8. The van der Waals surface area contributed by atoms with Gasteiger partial charge in [-0.1, -0.05) is 12.1 Å². The van der Waals surface area contributed by atoms with Gasteiger partial charge in [0.25, 0.3) is 0 Å². The van der Waals surface area contributed by atoms with Gasteiger partial charge in [-0.2, -0.15) is 0 Å². The van der Waals surface area contributed by atoms with Gasteiger partial charge in [0.1, 0.15) is 17.0 Å². The number of hydrogen-bond donors (Lipinski definition) is 0. The van der Waals surface area contributed by atoms with Crippen molar-refractivity contribution in [3.8, 4) is 0 Å². The van der Waals surface area contributed by atoms with Crippen LogP contribution in [0, 0.1) is 11.2 Å². The number of ether oxygens (including phenoxy) is 1. The van der Waals surface area contributed by atoms with Crippen LogP contribution < -0.4 is 0 Å². The van der Waals surface area contributed by atoms with Crippen LogP contribution in [0.2, 0.25) is 0 Å².